The maximum atomic E-state index is 14.7. The Hall–Kier alpha value is -3.75. The Morgan fingerprint density at radius 3 is 2.39 bits per heavy atom. The van der Waals surface area contributed by atoms with E-state index in [4.69, 9.17) is 16.6 Å². The number of aryl methyl sites for hydroxylation is 2. The molecule has 0 unspecified atom stereocenters. The van der Waals surface area contributed by atoms with Gasteiger partial charge >= 0.3 is 5.97 Å². The van der Waals surface area contributed by atoms with Crippen LogP contribution in [-0.4, -0.2) is 44.5 Å². The van der Waals surface area contributed by atoms with Gasteiger partial charge in [0, 0.05) is 34.7 Å². The monoisotopic (exact) mass is 631 g/mol. The van der Waals surface area contributed by atoms with Crippen molar-refractivity contribution in [2.75, 3.05) is 13.1 Å². The molecule has 0 saturated carbocycles. The summed E-state index contributed by atoms with van der Waals surface area (Å²) in [6.45, 7) is 8.91. The van der Waals surface area contributed by atoms with Crippen LogP contribution in [0.5, 0.6) is 0 Å². The highest BCUT2D eigenvalue weighted by molar-refractivity contribution is 7.13. The minimum absolute atomic E-state index is 0.146. The van der Waals surface area contributed by atoms with E-state index in [-0.39, 0.29) is 23.9 Å². The first-order valence-corrected chi connectivity index (χ1v) is 16.5. The molecule has 1 N–H and O–H groups in total. The maximum Gasteiger partial charge on any atom is 0.308 e. The fraction of sp³-hybridized carbons (Fsp3) is 0.371. The molecule has 1 amide bonds. The van der Waals surface area contributed by atoms with Crippen molar-refractivity contribution in [2.45, 2.75) is 59.8 Å². The highest BCUT2D eigenvalue weighted by atomic mass is 35.5. The summed E-state index contributed by atoms with van der Waals surface area (Å²) in [5.74, 6) is -1.60. The Bertz CT molecular complexity index is 1720. The second-order valence-electron chi connectivity index (χ2n) is 11.8. The number of carbonyl (C=O) groups is 2. The van der Waals surface area contributed by atoms with Crippen molar-refractivity contribution in [1.29, 1.82) is 0 Å². The summed E-state index contributed by atoms with van der Waals surface area (Å²) in [6, 6.07) is 15.2. The third-order valence-electron chi connectivity index (χ3n) is 8.26. The molecule has 7 nitrogen and oxygen atoms in total. The van der Waals surface area contributed by atoms with E-state index in [1.54, 1.807) is 27.7 Å². The molecule has 44 heavy (non-hydrogen) atoms. The fourth-order valence-electron chi connectivity index (χ4n) is 6.00. The molecule has 2 aromatic heterocycles. The van der Waals surface area contributed by atoms with Crippen molar-refractivity contribution in [1.82, 2.24) is 14.5 Å². The maximum absolute atomic E-state index is 14.7. The van der Waals surface area contributed by atoms with Gasteiger partial charge in [0.15, 0.2) is 0 Å². The first-order valence-electron chi connectivity index (χ1n) is 15.3. The van der Waals surface area contributed by atoms with Crippen molar-refractivity contribution in [3.05, 3.63) is 91.7 Å². The highest BCUT2D eigenvalue weighted by Crippen LogP contribution is 2.32. The molecule has 3 heterocycles. The average Bonchev–Trinajstić information content (AvgIpc) is 3.51. The van der Waals surface area contributed by atoms with Crippen LogP contribution in [0, 0.1) is 11.8 Å². The molecule has 4 aromatic rings. The summed E-state index contributed by atoms with van der Waals surface area (Å²) in [5.41, 5.74) is 5.69. The zero-order valence-corrected chi connectivity index (χ0v) is 27.2. The lowest BCUT2D eigenvalue weighted by Gasteiger charge is -2.32. The number of hydrogen-bond donors (Lipinski definition) is 1. The van der Waals surface area contributed by atoms with E-state index in [1.807, 2.05) is 35.7 Å². The molecule has 0 aliphatic carbocycles. The number of benzene rings is 2. The van der Waals surface area contributed by atoms with E-state index < -0.39 is 11.9 Å². The number of hydrogen-bond acceptors (Lipinski definition) is 5. The highest BCUT2D eigenvalue weighted by Gasteiger charge is 2.32. The van der Waals surface area contributed by atoms with Crippen LogP contribution in [0.25, 0.3) is 27.5 Å². The second kappa shape index (κ2) is 13.5. The number of nitrogens with zero attached hydrogens (tertiary/aromatic N) is 3. The van der Waals surface area contributed by atoms with Gasteiger partial charge in [-0.1, -0.05) is 69.6 Å². The summed E-state index contributed by atoms with van der Waals surface area (Å²) < 4.78 is 1.77. The summed E-state index contributed by atoms with van der Waals surface area (Å²) in [5, 5.41) is 12.8. The van der Waals surface area contributed by atoms with Gasteiger partial charge in [-0.25, -0.2) is 4.98 Å². The number of halogens is 1. The van der Waals surface area contributed by atoms with Crippen LogP contribution in [0.2, 0.25) is 5.02 Å². The number of aliphatic carboxylic acids is 1. The Balaban J connectivity index is 1.78. The number of pyridine rings is 1. The van der Waals surface area contributed by atoms with E-state index >= 15 is 0 Å². The number of aromatic nitrogens is 2. The molecule has 2 aromatic carbocycles. The Kier molecular flexibility index (Phi) is 9.71. The van der Waals surface area contributed by atoms with E-state index in [9.17, 15) is 19.5 Å². The molecule has 0 radical (unpaired) electrons. The van der Waals surface area contributed by atoms with Gasteiger partial charge in [-0.2, -0.15) is 0 Å². The number of para-hydroxylation sites is 1. The minimum Gasteiger partial charge on any atom is -0.481 e. The SMILES string of the molecule is CCc1cccc(CC)c1-n1c(CC(C)C)c(C(=O)N2CCC[C@H](C(=O)O)C2)cc(-c2nc(-c3ccc(Cl)cc3)cs2)c1=O. The number of carboxylic acids is 1. The Morgan fingerprint density at radius 2 is 1.77 bits per heavy atom. The van der Waals surface area contributed by atoms with E-state index in [0.717, 1.165) is 28.1 Å². The summed E-state index contributed by atoms with van der Waals surface area (Å²) in [4.78, 5) is 47.5. The zero-order valence-electron chi connectivity index (χ0n) is 25.6. The molecule has 9 heteroatoms. The van der Waals surface area contributed by atoms with Gasteiger partial charge in [-0.15, -0.1) is 11.3 Å². The number of carboxylic acid groups (broad SMARTS) is 1. The van der Waals surface area contributed by atoms with Crippen LogP contribution >= 0.6 is 22.9 Å². The van der Waals surface area contributed by atoms with Crippen molar-refractivity contribution in [2.24, 2.45) is 11.8 Å². The van der Waals surface area contributed by atoms with E-state index in [2.05, 4.69) is 27.7 Å². The third kappa shape index (κ3) is 6.37. The van der Waals surface area contributed by atoms with Gasteiger partial charge in [-0.05, 0) is 67.3 Å². The number of rotatable bonds is 9. The summed E-state index contributed by atoms with van der Waals surface area (Å²) in [6.07, 6.45) is 3.09. The minimum atomic E-state index is -0.891. The quantitative estimate of drug-likeness (QED) is 0.206. The molecule has 5 rings (SSSR count). The predicted molar refractivity (Wildman–Crippen MR) is 177 cm³/mol. The number of thiazole rings is 1. The standard InChI is InChI=1S/C35H38ClN3O4S/c1-5-22-9-7-10-23(6-2)31(22)39-30(17-21(3)4)27(33(40)38-16-8-11-25(19-38)35(42)43)18-28(34(39)41)32-37-29(20-44-32)24-12-14-26(36)15-13-24/h7,9-10,12-15,18,20-21,25H,5-6,8,11,16-17,19H2,1-4H3,(H,42,43)/t25-/m0/s1. The molecule has 1 atom stereocenters. The van der Waals surface area contributed by atoms with Crippen molar-refractivity contribution >= 4 is 34.8 Å². The number of carbonyl (C=O) groups excluding carboxylic acids is 1. The largest absolute Gasteiger partial charge is 0.481 e. The smallest absolute Gasteiger partial charge is 0.308 e. The average molecular weight is 632 g/mol. The van der Waals surface area contributed by atoms with Crippen LogP contribution < -0.4 is 5.56 Å². The summed E-state index contributed by atoms with van der Waals surface area (Å²) >= 11 is 7.46. The topological polar surface area (TPSA) is 92.5 Å². The van der Waals surface area contributed by atoms with Crippen molar-refractivity contribution < 1.29 is 14.7 Å². The van der Waals surface area contributed by atoms with Gasteiger partial charge < -0.3 is 10.0 Å². The molecule has 230 valence electrons. The van der Waals surface area contributed by atoms with Gasteiger partial charge in [0.2, 0.25) is 0 Å². The molecular formula is C35H38ClN3O4S. The normalized spacial score (nSPS) is 15.1. The van der Waals surface area contributed by atoms with E-state index in [0.29, 0.717) is 65.5 Å². The number of piperidine rings is 1. The predicted octanol–water partition coefficient (Wildman–Crippen LogP) is 7.54. The second-order valence-corrected chi connectivity index (χ2v) is 13.1. The van der Waals surface area contributed by atoms with Crippen LogP contribution in [0.1, 0.15) is 67.7 Å². The molecule has 1 aliphatic heterocycles. The van der Waals surface area contributed by atoms with Crippen LogP contribution in [0.4, 0.5) is 0 Å². The number of likely N-dealkylation sites (tertiary alicyclic amines) is 1. The van der Waals surface area contributed by atoms with Crippen LogP contribution in [0.15, 0.2) is 58.7 Å². The zero-order chi connectivity index (χ0) is 31.5. The van der Waals surface area contributed by atoms with Gasteiger partial charge in [-0.3, -0.25) is 19.0 Å². The van der Waals surface area contributed by atoms with Gasteiger partial charge in [0.25, 0.3) is 11.5 Å². The molecule has 0 spiro atoms. The molecule has 1 saturated heterocycles. The van der Waals surface area contributed by atoms with Crippen molar-refractivity contribution in [3.63, 3.8) is 0 Å². The molecule has 0 bridgehead atoms. The summed E-state index contributed by atoms with van der Waals surface area (Å²) in [7, 11) is 0. The lowest BCUT2D eigenvalue weighted by Crippen LogP contribution is -2.43. The lowest BCUT2D eigenvalue weighted by atomic mass is 9.95. The molecular weight excluding hydrogens is 594 g/mol. The third-order valence-corrected chi connectivity index (χ3v) is 9.38. The Labute approximate surface area is 267 Å². The van der Waals surface area contributed by atoms with Gasteiger partial charge in [0.05, 0.1) is 28.4 Å². The molecule has 1 fully saturated rings. The first kappa shape index (κ1) is 31.7. The van der Waals surface area contributed by atoms with Crippen LogP contribution in [-0.2, 0) is 24.1 Å². The molecule has 1 aliphatic rings. The van der Waals surface area contributed by atoms with E-state index in [1.165, 1.54) is 11.3 Å². The number of amides is 1. The first-order chi connectivity index (χ1) is 21.1. The van der Waals surface area contributed by atoms with Crippen molar-refractivity contribution in [3.8, 4) is 27.5 Å². The van der Waals surface area contributed by atoms with Gasteiger partial charge in [0.1, 0.15) is 5.01 Å². The van der Waals surface area contributed by atoms with Crippen LogP contribution in [0.3, 0.4) is 0 Å². The fourth-order valence-corrected chi connectivity index (χ4v) is 6.96. The Morgan fingerprint density at radius 1 is 1.09 bits per heavy atom. The lowest BCUT2D eigenvalue weighted by molar-refractivity contribution is -0.143.